The molecule has 1 atom stereocenters. The number of ether oxygens (including phenoxy) is 1. The molecule has 2 aromatic rings. The minimum Gasteiger partial charge on any atom is -0.386 e. The van der Waals surface area contributed by atoms with Gasteiger partial charge in [-0.2, -0.15) is 0 Å². The Morgan fingerprint density at radius 2 is 2.00 bits per heavy atom. The van der Waals surface area contributed by atoms with Crippen LogP contribution in [0.4, 0.5) is 13.2 Å². The molecule has 9 heteroatoms. The second kappa shape index (κ2) is 9.87. The number of rotatable bonds is 5. The van der Waals surface area contributed by atoms with E-state index in [2.05, 4.69) is 4.98 Å². The summed E-state index contributed by atoms with van der Waals surface area (Å²) in [6.45, 7) is 5.92. The first kappa shape index (κ1) is 25.6. The van der Waals surface area contributed by atoms with Crippen LogP contribution in [0.25, 0.3) is 0 Å². The maximum absolute atomic E-state index is 14.5. The van der Waals surface area contributed by atoms with Crippen molar-refractivity contribution in [2.45, 2.75) is 57.3 Å². The molecule has 1 aromatic carbocycles. The number of piperidine rings is 1. The number of pyridine rings is 1. The molecule has 6 nitrogen and oxygen atoms in total. The summed E-state index contributed by atoms with van der Waals surface area (Å²) in [4.78, 5) is 21.0. The van der Waals surface area contributed by atoms with E-state index < -0.39 is 29.5 Å². The van der Waals surface area contributed by atoms with Crippen LogP contribution in [-0.4, -0.2) is 70.5 Å². The van der Waals surface area contributed by atoms with E-state index in [9.17, 15) is 23.1 Å². The zero-order valence-electron chi connectivity index (χ0n) is 20.3. The molecular formula is C26H34F3N3O3. The summed E-state index contributed by atoms with van der Waals surface area (Å²) >= 11 is 0. The van der Waals surface area contributed by atoms with E-state index in [1.165, 1.54) is 26.0 Å². The van der Waals surface area contributed by atoms with Gasteiger partial charge in [-0.25, -0.2) is 13.2 Å². The van der Waals surface area contributed by atoms with Crippen molar-refractivity contribution < 1.29 is 29.2 Å². The summed E-state index contributed by atoms with van der Waals surface area (Å²) < 4.78 is 47.5. The van der Waals surface area contributed by atoms with Crippen LogP contribution in [0.5, 0.6) is 0 Å². The first-order valence-electron chi connectivity index (χ1n) is 11.9. The van der Waals surface area contributed by atoms with E-state index in [0.717, 1.165) is 11.8 Å². The van der Waals surface area contributed by atoms with Gasteiger partial charge in [-0.05, 0) is 57.9 Å². The van der Waals surface area contributed by atoms with Crippen LogP contribution in [0.15, 0.2) is 36.4 Å². The van der Waals surface area contributed by atoms with E-state index in [0.29, 0.717) is 44.7 Å². The lowest BCUT2D eigenvalue weighted by atomic mass is 9.87. The van der Waals surface area contributed by atoms with Crippen LogP contribution in [0, 0.1) is 12.7 Å². The zero-order valence-corrected chi connectivity index (χ0v) is 20.3. The van der Waals surface area contributed by atoms with E-state index in [1.54, 1.807) is 9.80 Å². The molecule has 1 aromatic heterocycles. The summed E-state index contributed by atoms with van der Waals surface area (Å²) in [5.41, 5.74) is -0.155. The molecule has 2 aliphatic heterocycles. The quantitative estimate of drug-likeness (QED) is 0.672. The molecule has 0 bridgehead atoms. The van der Waals surface area contributed by atoms with Crippen molar-refractivity contribution >= 4 is 5.91 Å². The van der Waals surface area contributed by atoms with Gasteiger partial charge in [0.1, 0.15) is 11.9 Å². The summed E-state index contributed by atoms with van der Waals surface area (Å²) in [6, 6.07) is 9.70. The normalized spacial score (nSPS) is 21.0. The van der Waals surface area contributed by atoms with E-state index >= 15 is 0 Å². The summed E-state index contributed by atoms with van der Waals surface area (Å²) in [7, 11) is 0. The van der Waals surface area contributed by atoms with Crippen LogP contribution < -0.4 is 0 Å². The van der Waals surface area contributed by atoms with E-state index in [-0.39, 0.29) is 25.0 Å². The minimum absolute atomic E-state index is 0. The van der Waals surface area contributed by atoms with Gasteiger partial charge in [-0.15, -0.1) is 0 Å². The van der Waals surface area contributed by atoms with Crippen molar-refractivity contribution in [3.63, 3.8) is 0 Å². The molecule has 35 heavy (non-hydrogen) atoms. The van der Waals surface area contributed by atoms with Gasteiger partial charge in [0.25, 0.3) is 12.3 Å². The molecule has 2 fully saturated rings. The Balaban J connectivity index is 0.00000361. The highest BCUT2D eigenvalue weighted by Crippen LogP contribution is 2.38. The third-order valence-electron chi connectivity index (χ3n) is 6.80. The smallest absolute Gasteiger partial charge is 0.253 e. The fraction of sp³-hybridized carbons (Fsp3) is 0.538. The lowest BCUT2D eigenvalue weighted by molar-refractivity contribution is -0.181. The number of morpholine rings is 1. The van der Waals surface area contributed by atoms with Crippen LogP contribution in [-0.2, 0) is 10.3 Å². The number of hydrogen-bond donors (Lipinski definition) is 1. The molecule has 4 rings (SSSR count). The van der Waals surface area contributed by atoms with Gasteiger partial charge < -0.3 is 14.7 Å². The highest BCUT2D eigenvalue weighted by molar-refractivity contribution is 5.94. The zero-order chi connectivity index (χ0) is 25.4. The van der Waals surface area contributed by atoms with Gasteiger partial charge in [-0.3, -0.25) is 14.7 Å². The van der Waals surface area contributed by atoms with Gasteiger partial charge >= 0.3 is 0 Å². The number of aliphatic hydroxyl groups is 1. The Hall–Kier alpha value is -2.49. The number of nitrogens with zero attached hydrogens (tertiary/aromatic N) is 3. The molecule has 1 N–H and O–H groups in total. The monoisotopic (exact) mass is 493 g/mol. The van der Waals surface area contributed by atoms with Crippen LogP contribution in [0.2, 0.25) is 0 Å². The summed E-state index contributed by atoms with van der Waals surface area (Å²) in [5, 5.41) is 10.1. The molecule has 0 aliphatic carbocycles. The van der Waals surface area contributed by atoms with Crippen molar-refractivity contribution in [2.24, 2.45) is 0 Å². The first-order chi connectivity index (χ1) is 16.5. The van der Waals surface area contributed by atoms with Crippen LogP contribution in [0.3, 0.4) is 0 Å². The second-order valence-electron chi connectivity index (χ2n) is 10.1. The lowest BCUT2D eigenvalue weighted by Gasteiger charge is -2.50. The average Bonchev–Trinajstić information content (AvgIpc) is 2.77. The number of carbonyl (C=O) groups is 1. The number of hydrogen-bond acceptors (Lipinski definition) is 5. The molecule has 2 aliphatic rings. The molecule has 2 saturated heterocycles. The number of aryl methyl sites for hydroxylation is 1. The summed E-state index contributed by atoms with van der Waals surface area (Å²) in [6.07, 6.45) is -1.94. The van der Waals surface area contributed by atoms with Crippen molar-refractivity contribution in [1.29, 1.82) is 0 Å². The third kappa shape index (κ3) is 5.85. The largest absolute Gasteiger partial charge is 0.386 e. The number of alkyl halides is 2. The molecule has 0 saturated carbocycles. The average molecular weight is 494 g/mol. The lowest BCUT2D eigenvalue weighted by Crippen LogP contribution is -2.58. The van der Waals surface area contributed by atoms with Crippen LogP contribution in [0.1, 0.15) is 61.5 Å². The maximum Gasteiger partial charge on any atom is 0.253 e. The SMILES string of the molecule is Cc1cccc(C2CN(CC(F)F)CC3(CCN(C(=O)c4ccc(C(C)(C)O)c(F)c4)CC3)O2)n1.[HH]. The highest BCUT2D eigenvalue weighted by atomic mass is 19.3. The van der Waals surface area contributed by atoms with Crippen molar-refractivity contribution in [2.75, 3.05) is 32.7 Å². The van der Waals surface area contributed by atoms with E-state index in [4.69, 9.17) is 4.74 Å². The standard InChI is InChI=1S/C26H32F3N3O3.H2/c1-17-5-4-6-21(30-17)22-14-31(15-23(28)29)16-26(35-22)9-11-32(12-10-26)24(33)18-7-8-19(20(27)13-18)25(2,3)34;/h4-8,13,22-23,34H,9-12,14-16H2,1-3H3;1H. The Kier molecular flexibility index (Phi) is 7.22. The minimum atomic E-state index is -2.46. The number of halogens is 3. The Bertz CT molecular complexity index is 1070. The van der Waals surface area contributed by atoms with E-state index in [1.807, 2.05) is 25.1 Å². The molecule has 3 heterocycles. The Morgan fingerprint density at radius 3 is 2.60 bits per heavy atom. The number of amides is 1. The van der Waals surface area contributed by atoms with Gasteiger partial charge in [0, 0.05) is 44.4 Å². The molecule has 1 amide bonds. The fourth-order valence-corrected chi connectivity index (χ4v) is 5.03. The van der Waals surface area contributed by atoms with Gasteiger partial charge in [0.05, 0.1) is 23.4 Å². The topological polar surface area (TPSA) is 65.9 Å². The second-order valence-corrected chi connectivity index (χ2v) is 10.1. The number of benzene rings is 1. The molecule has 1 spiro atoms. The fourth-order valence-electron chi connectivity index (χ4n) is 5.03. The van der Waals surface area contributed by atoms with Crippen molar-refractivity contribution in [1.82, 2.24) is 14.8 Å². The predicted molar refractivity (Wildman–Crippen MR) is 127 cm³/mol. The molecule has 1 unspecified atom stereocenters. The predicted octanol–water partition coefficient (Wildman–Crippen LogP) is 4.32. The molecule has 192 valence electrons. The third-order valence-corrected chi connectivity index (χ3v) is 6.80. The van der Waals surface area contributed by atoms with Crippen molar-refractivity contribution in [3.05, 3.63) is 64.7 Å². The highest BCUT2D eigenvalue weighted by Gasteiger charge is 2.45. The number of likely N-dealkylation sites (tertiary alicyclic amines) is 1. The number of carbonyl (C=O) groups excluding carboxylic acids is 1. The Labute approximate surface area is 205 Å². The first-order valence-corrected chi connectivity index (χ1v) is 11.9. The van der Waals surface area contributed by atoms with Gasteiger partial charge in [0.15, 0.2) is 0 Å². The Morgan fingerprint density at radius 1 is 1.29 bits per heavy atom. The van der Waals surface area contributed by atoms with Gasteiger partial charge in [-0.1, -0.05) is 12.1 Å². The summed E-state index contributed by atoms with van der Waals surface area (Å²) in [5.74, 6) is -0.943. The maximum atomic E-state index is 14.5. The van der Waals surface area contributed by atoms with Crippen LogP contribution >= 0.6 is 0 Å². The van der Waals surface area contributed by atoms with Crippen molar-refractivity contribution in [3.8, 4) is 0 Å². The molecular weight excluding hydrogens is 459 g/mol. The van der Waals surface area contributed by atoms with Gasteiger partial charge in [0.2, 0.25) is 0 Å². The number of aromatic nitrogens is 1. The molecule has 0 radical (unpaired) electrons.